The van der Waals surface area contributed by atoms with Crippen LogP contribution in [0.4, 0.5) is 0 Å². The zero-order valence-electron chi connectivity index (χ0n) is 13.2. The molecule has 122 valence electrons. The molecule has 1 fully saturated rings. The highest BCUT2D eigenvalue weighted by Crippen LogP contribution is 2.29. The fourth-order valence-corrected chi connectivity index (χ4v) is 4.26. The summed E-state index contributed by atoms with van der Waals surface area (Å²) in [7, 11) is 0. The normalized spacial score (nSPS) is 18.3. The number of likely N-dealkylation sites (tertiary alicyclic amines) is 1. The Kier molecular flexibility index (Phi) is 5.36. The molecular weight excluding hydrogens is 328 g/mol. The lowest BCUT2D eigenvalue weighted by atomic mass is 9.94. The van der Waals surface area contributed by atoms with Crippen molar-refractivity contribution < 1.29 is 4.79 Å². The molecule has 0 unspecified atom stereocenters. The van der Waals surface area contributed by atoms with E-state index in [-0.39, 0.29) is 5.91 Å². The maximum atomic E-state index is 12.0. The first-order chi connectivity index (χ1) is 11.1. The predicted molar refractivity (Wildman–Crippen MR) is 96.6 cm³/mol. The number of thiophene rings is 1. The molecule has 1 amide bonds. The van der Waals surface area contributed by atoms with E-state index in [1.807, 2.05) is 5.38 Å². The summed E-state index contributed by atoms with van der Waals surface area (Å²) in [5, 5.41) is 5.34. The molecule has 23 heavy (non-hydrogen) atoms. The summed E-state index contributed by atoms with van der Waals surface area (Å²) in [6.07, 6.45) is 1.19. The van der Waals surface area contributed by atoms with Crippen molar-refractivity contribution in [1.82, 2.24) is 10.2 Å². The third-order valence-electron chi connectivity index (χ3n) is 4.44. The highest BCUT2D eigenvalue weighted by molar-refractivity contribution is 7.12. The van der Waals surface area contributed by atoms with Crippen LogP contribution in [0.25, 0.3) is 0 Å². The summed E-state index contributed by atoms with van der Waals surface area (Å²) in [4.78, 5) is 15.1. The fraction of sp³-hybridized carbons (Fsp3) is 0.389. The van der Waals surface area contributed by atoms with Gasteiger partial charge in [-0.05, 0) is 48.4 Å². The quantitative estimate of drug-likeness (QED) is 0.887. The Morgan fingerprint density at radius 1 is 1.39 bits per heavy atom. The minimum absolute atomic E-state index is 0.0698. The van der Waals surface area contributed by atoms with Crippen LogP contribution < -0.4 is 5.32 Å². The van der Waals surface area contributed by atoms with Gasteiger partial charge in [0.25, 0.3) is 5.91 Å². The van der Waals surface area contributed by atoms with Crippen molar-refractivity contribution in [1.29, 1.82) is 0 Å². The molecule has 0 aliphatic carbocycles. The maximum Gasteiger partial charge on any atom is 0.262 e. The average Bonchev–Trinajstić information content (AvgIpc) is 3.17. The van der Waals surface area contributed by atoms with Gasteiger partial charge in [0.2, 0.25) is 0 Å². The van der Waals surface area contributed by atoms with Crippen molar-refractivity contribution in [3.8, 4) is 0 Å². The minimum atomic E-state index is -0.0698. The van der Waals surface area contributed by atoms with Gasteiger partial charge in [-0.2, -0.15) is 0 Å². The second-order valence-electron chi connectivity index (χ2n) is 6.00. The van der Waals surface area contributed by atoms with E-state index in [2.05, 4.69) is 41.4 Å². The summed E-state index contributed by atoms with van der Waals surface area (Å²) in [6.45, 7) is 5.89. The Labute approximate surface area is 146 Å². The number of carbonyl (C=O) groups excluding carboxylic acids is 1. The topological polar surface area (TPSA) is 32.3 Å². The van der Waals surface area contributed by atoms with E-state index in [9.17, 15) is 4.79 Å². The van der Waals surface area contributed by atoms with Crippen LogP contribution in [0.2, 0.25) is 5.02 Å². The van der Waals surface area contributed by atoms with Crippen LogP contribution in [0.3, 0.4) is 0 Å². The van der Waals surface area contributed by atoms with Gasteiger partial charge in [0, 0.05) is 19.6 Å². The zero-order chi connectivity index (χ0) is 16.2. The van der Waals surface area contributed by atoms with Gasteiger partial charge in [-0.3, -0.25) is 4.79 Å². The summed E-state index contributed by atoms with van der Waals surface area (Å²) in [6, 6.07) is 10.4. The number of benzene rings is 1. The molecule has 1 aromatic heterocycles. The number of amides is 1. The first-order valence-corrected chi connectivity index (χ1v) is 9.20. The van der Waals surface area contributed by atoms with Gasteiger partial charge in [-0.15, -0.1) is 11.3 Å². The molecule has 2 aromatic rings. The van der Waals surface area contributed by atoms with Gasteiger partial charge in [-0.1, -0.05) is 35.9 Å². The lowest BCUT2D eigenvalue weighted by molar-refractivity contribution is 0.0954. The molecule has 0 bridgehead atoms. The molecule has 0 radical (unpaired) electrons. The van der Waals surface area contributed by atoms with Crippen LogP contribution in [0.15, 0.2) is 35.7 Å². The van der Waals surface area contributed by atoms with Crippen LogP contribution >= 0.6 is 22.9 Å². The lowest BCUT2D eigenvalue weighted by Crippen LogP contribution is -2.33. The second-order valence-corrected chi connectivity index (χ2v) is 7.32. The number of hydrogen-bond acceptors (Lipinski definition) is 3. The van der Waals surface area contributed by atoms with Gasteiger partial charge >= 0.3 is 0 Å². The average molecular weight is 349 g/mol. The largest absolute Gasteiger partial charge is 0.350 e. The number of aryl methyl sites for hydroxylation is 1. The standard InChI is InChI=1S/C18H21ClN2OS/c1-13-4-2-3-5-15(13)14-6-9-21(12-14)10-8-20-18(22)17-16(19)7-11-23-17/h2-5,7,11,14H,6,8-10,12H2,1H3,(H,20,22)/t14-/m0/s1. The van der Waals surface area contributed by atoms with Gasteiger partial charge in [-0.25, -0.2) is 0 Å². The van der Waals surface area contributed by atoms with E-state index in [1.165, 1.54) is 28.9 Å². The molecule has 0 saturated carbocycles. The Hall–Kier alpha value is -1.36. The van der Waals surface area contributed by atoms with E-state index < -0.39 is 0 Å². The Bertz CT molecular complexity index is 685. The monoisotopic (exact) mass is 348 g/mol. The number of carbonyl (C=O) groups is 1. The predicted octanol–water partition coefficient (Wildman–Crippen LogP) is 3.93. The molecular formula is C18H21ClN2OS. The smallest absolute Gasteiger partial charge is 0.262 e. The molecule has 1 N–H and O–H groups in total. The summed E-state index contributed by atoms with van der Waals surface area (Å²) in [5.41, 5.74) is 2.84. The molecule has 3 rings (SSSR count). The lowest BCUT2D eigenvalue weighted by Gasteiger charge is -2.17. The zero-order valence-corrected chi connectivity index (χ0v) is 14.8. The van der Waals surface area contributed by atoms with Gasteiger partial charge in [0.1, 0.15) is 4.88 Å². The second kappa shape index (κ2) is 7.47. The highest BCUT2D eigenvalue weighted by Gasteiger charge is 2.24. The van der Waals surface area contributed by atoms with Crippen molar-refractivity contribution in [2.24, 2.45) is 0 Å². The molecule has 3 nitrogen and oxygen atoms in total. The van der Waals surface area contributed by atoms with Crippen molar-refractivity contribution >= 4 is 28.8 Å². The molecule has 1 atom stereocenters. The number of nitrogens with one attached hydrogen (secondary N) is 1. The Morgan fingerprint density at radius 2 is 2.22 bits per heavy atom. The number of rotatable bonds is 5. The molecule has 5 heteroatoms. The van der Waals surface area contributed by atoms with Gasteiger partial charge < -0.3 is 10.2 Å². The minimum Gasteiger partial charge on any atom is -0.350 e. The molecule has 2 heterocycles. The Balaban J connectivity index is 1.47. The SMILES string of the molecule is Cc1ccccc1[C@H]1CCN(CCNC(=O)c2sccc2Cl)C1. The summed E-state index contributed by atoms with van der Waals surface area (Å²) in [5.74, 6) is 0.540. The first-order valence-electron chi connectivity index (χ1n) is 7.94. The summed E-state index contributed by atoms with van der Waals surface area (Å²) < 4.78 is 0. The molecule has 1 aromatic carbocycles. The van der Waals surface area contributed by atoms with Crippen LogP contribution in [-0.2, 0) is 0 Å². The first kappa shape index (κ1) is 16.5. The van der Waals surface area contributed by atoms with E-state index in [1.54, 1.807) is 6.07 Å². The number of hydrogen-bond donors (Lipinski definition) is 1. The van der Waals surface area contributed by atoms with Crippen LogP contribution in [0, 0.1) is 6.92 Å². The van der Waals surface area contributed by atoms with Crippen molar-refractivity contribution in [3.05, 3.63) is 56.7 Å². The van der Waals surface area contributed by atoms with Crippen LogP contribution in [0.5, 0.6) is 0 Å². The van der Waals surface area contributed by atoms with E-state index >= 15 is 0 Å². The third kappa shape index (κ3) is 3.94. The number of nitrogens with zero attached hydrogens (tertiary/aromatic N) is 1. The highest BCUT2D eigenvalue weighted by atomic mass is 35.5. The van der Waals surface area contributed by atoms with Crippen LogP contribution in [-0.4, -0.2) is 37.0 Å². The van der Waals surface area contributed by atoms with Gasteiger partial charge in [0.15, 0.2) is 0 Å². The van der Waals surface area contributed by atoms with Crippen LogP contribution in [0.1, 0.15) is 33.1 Å². The molecule has 0 spiro atoms. The third-order valence-corrected chi connectivity index (χ3v) is 5.78. The van der Waals surface area contributed by atoms with Crippen molar-refractivity contribution in [2.45, 2.75) is 19.3 Å². The summed E-state index contributed by atoms with van der Waals surface area (Å²) >= 11 is 7.36. The van der Waals surface area contributed by atoms with Gasteiger partial charge in [0.05, 0.1) is 5.02 Å². The Morgan fingerprint density at radius 3 is 2.96 bits per heavy atom. The van der Waals surface area contributed by atoms with E-state index in [0.29, 0.717) is 22.4 Å². The van der Waals surface area contributed by atoms with E-state index in [4.69, 9.17) is 11.6 Å². The maximum absolute atomic E-state index is 12.0. The molecule has 1 saturated heterocycles. The number of halogens is 1. The van der Waals surface area contributed by atoms with E-state index in [0.717, 1.165) is 19.6 Å². The molecule has 1 aliphatic rings. The van der Waals surface area contributed by atoms with Crippen molar-refractivity contribution in [2.75, 3.05) is 26.2 Å². The fourth-order valence-electron chi connectivity index (χ4n) is 3.20. The molecule has 1 aliphatic heterocycles. The van der Waals surface area contributed by atoms with Crippen molar-refractivity contribution in [3.63, 3.8) is 0 Å².